The van der Waals surface area contributed by atoms with Crippen LogP contribution in [-0.4, -0.2) is 49.8 Å². The van der Waals surface area contributed by atoms with Crippen molar-refractivity contribution in [1.82, 2.24) is 14.9 Å². The molecule has 3 heterocycles. The van der Waals surface area contributed by atoms with Crippen molar-refractivity contribution in [2.45, 2.75) is 42.1 Å². The number of piperazine rings is 1. The first-order chi connectivity index (χ1) is 10.4. The molecule has 0 saturated carbocycles. The van der Waals surface area contributed by atoms with E-state index in [0.29, 0.717) is 19.4 Å². The van der Waals surface area contributed by atoms with E-state index in [4.69, 9.17) is 0 Å². The number of carbonyl (C=O) groups is 2. The lowest BCUT2D eigenvalue weighted by molar-refractivity contribution is -0.151. The summed E-state index contributed by atoms with van der Waals surface area (Å²) in [6, 6.07) is 1.77. The molecule has 22 heavy (non-hydrogen) atoms. The Kier molecular flexibility index (Phi) is 3.96. The second kappa shape index (κ2) is 5.64. The summed E-state index contributed by atoms with van der Waals surface area (Å²) in [5, 5.41) is 4.33. The van der Waals surface area contributed by atoms with Crippen molar-refractivity contribution in [2.24, 2.45) is 0 Å². The minimum atomic E-state index is -3.56. The lowest BCUT2D eigenvalue weighted by Crippen LogP contribution is -2.66. The Morgan fingerprint density at radius 2 is 2.18 bits per heavy atom. The second-order valence-corrected chi connectivity index (χ2v) is 8.44. The molecule has 2 N–H and O–H groups in total. The van der Waals surface area contributed by atoms with Gasteiger partial charge in [0.15, 0.2) is 0 Å². The third-order valence-corrected chi connectivity index (χ3v) is 6.92. The first-order valence-electron chi connectivity index (χ1n) is 7.05. The van der Waals surface area contributed by atoms with Crippen LogP contribution in [0, 0.1) is 0 Å². The lowest BCUT2D eigenvalue weighted by atomic mass is 9.94. The highest BCUT2D eigenvalue weighted by molar-refractivity contribution is 7.91. The van der Waals surface area contributed by atoms with Crippen molar-refractivity contribution in [3.8, 4) is 0 Å². The molecular formula is C13H17N3O4S2. The summed E-state index contributed by atoms with van der Waals surface area (Å²) < 4.78 is 27.4. The van der Waals surface area contributed by atoms with Gasteiger partial charge in [0.05, 0.1) is 0 Å². The van der Waals surface area contributed by atoms with Crippen molar-refractivity contribution >= 4 is 33.2 Å². The van der Waals surface area contributed by atoms with Crippen LogP contribution in [0.5, 0.6) is 0 Å². The lowest BCUT2D eigenvalue weighted by Gasteiger charge is -2.43. The molecule has 2 amide bonds. The second-order valence-electron chi connectivity index (χ2n) is 5.55. The normalized spacial score (nSPS) is 29.1. The van der Waals surface area contributed by atoms with E-state index in [-0.39, 0.29) is 22.1 Å². The van der Waals surface area contributed by atoms with Crippen molar-refractivity contribution in [1.29, 1.82) is 0 Å². The number of nitrogens with one attached hydrogen (secondary N) is 2. The van der Waals surface area contributed by atoms with Gasteiger partial charge in [0.1, 0.15) is 16.3 Å². The molecule has 9 heteroatoms. The zero-order valence-corrected chi connectivity index (χ0v) is 13.6. The predicted octanol–water partition coefficient (Wildman–Crippen LogP) is -0.0957. The van der Waals surface area contributed by atoms with Crippen molar-refractivity contribution < 1.29 is 18.0 Å². The fourth-order valence-electron chi connectivity index (χ4n) is 2.90. The summed E-state index contributed by atoms with van der Waals surface area (Å²) in [6.07, 6.45) is 0.807. The SMILES string of the molecule is C[C@H]1NC(=O)[C@@H]2C[C@@H](NS(=O)(=O)c3cccs3)CCN2C1=O. The van der Waals surface area contributed by atoms with E-state index in [2.05, 4.69) is 10.0 Å². The Bertz CT molecular complexity index is 686. The van der Waals surface area contributed by atoms with Gasteiger partial charge >= 0.3 is 0 Å². The number of nitrogens with zero attached hydrogens (tertiary/aromatic N) is 1. The van der Waals surface area contributed by atoms with Gasteiger partial charge in [0, 0.05) is 12.6 Å². The van der Waals surface area contributed by atoms with E-state index in [1.54, 1.807) is 29.3 Å². The van der Waals surface area contributed by atoms with Gasteiger partial charge in [0.2, 0.25) is 21.8 Å². The summed E-state index contributed by atoms with van der Waals surface area (Å²) in [6.45, 7) is 2.04. The molecule has 7 nitrogen and oxygen atoms in total. The van der Waals surface area contributed by atoms with Crippen LogP contribution < -0.4 is 10.0 Å². The number of rotatable bonds is 3. The molecule has 2 fully saturated rings. The van der Waals surface area contributed by atoms with Crippen LogP contribution in [-0.2, 0) is 19.6 Å². The molecule has 1 aromatic rings. The minimum Gasteiger partial charge on any atom is -0.343 e. The molecule has 0 aromatic carbocycles. The number of sulfonamides is 1. The van der Waals surface area contributed by atoms with E-state index >= 15 is 0 Å². The summed E-state index contributed by atoms with van der Waals surface area (Å²) in [5.41, 5.74) is 0. The standard InChI is InChI=1S/C13H17N3O4S2/c1-8-13(18)16-5-4-9(7-10(16)12(17)14-8)15-22(19,20)11-3-2-6-21-11/h2-3,6,8-10,15H,4-5,7H2,1H3,(H,14,17)/t8-,9+,10+/m1/s1. The summed E-state index contributed by atoms with van der Waals surface area (Å²) >= 11 is 1.15. The van der Waals surface area contributed by atoms with Crippen LogP contribution in [0.3, 0.4) is 0 Å². The number of amides is 2. The van der Waals surface area contributed by atoms with Gasteiger partial charge in [-0.15, -0.1) is 11.3 Å². The summed E-state index contributed by atoms with van der Waals surface area (Å²) in [7, 11) is -3.56. The third-order valence-electron chi connectivity index (χ3n) is 4.00. The fraction of sp³-hybridized carbons (Fsp3) is 0.538. The van der Waals surface area contributed by atoms with Gasteiger partial charge in [0.25, 0.3) is 0 Å². The van der Waals surface area contributed by atoms with Gasteiger partial charge in [-0.1, -0.05) is 6.07 Å². The quantitative estimate of drug-likeness (QED) is 0.801. The zero-order valence-electron chi connectivity index (χ0n) is 12.0. The van der Waals surface area contributed by atoms with E-state index in [0.717, 1.165) is 11.3 Å². The van der Waals surface area contributed by atoms with Crippen LogP contribution in [0.15, 0.2) is 21.7 Å². The van der Waals surface area contributed by atoms with Gasteiger partial charge in [-0.3, -0.25) is 9.59 Å². The molecule has 120 valence electrons. The Hall–Kier alpha value is -1.45. The van der Waals surface area contributed by atoms with Gasteiger partial charge in [-0.05, 0) is 31.2 Å². The monoisotopic (exact) mass is 343 g/mol. The zero-order chi connectivity index (χ0) is 15.9. The molecular weight excluding hydrogens is 326 g/mol. The minimum absolute atomic E-state index is 0.107. The molecule has 0 spiro atoms. The summed E-state index contributed by atoms with van der Waals surface area (Å²) in [5.74, 6) is -0.323. The molecule has 2 aliphatic heterocycles. The Morgan fingerprint density at radius 1 is 1.41 bits per heavy atom. The van der Waals surface area contributed by atoms with Crippen molar-refractivity contribution in [3.63, 3.8) is 0 Å². The van der Waals surface area contributed by atoms with Crippen LogP contribution in [0.25, 0.3) is 0 Å². The number of piperidine rings is 1. The molecule has 1 aromatic heterocycles. The Balaban J connectivity index is 1.72. The Labute approximate surface area is 132 Å². The predicted molar refractivity (Wildman–Crippen MR) is 80.8 cm³/mol. The largest absolute Gasteiger partial charge is 0.343 e. The maximum atomic E-state index is 12.2. The average Bonchev–Trinajstić information content (AvgIpc) is 2.99. The molecule has 0 unspecified atom stereocenters. The van der Waals surface area contributed by atoms with Crippen LogP contribution in [0.2, 0.25) is 0 Å². The first-order valence-corrected chi connectivity index (χ1v) is 9.41. The highest BCUT2D eigenvalue weighted by atomic mass is 32.2. The van der Waals surface area contributed by atoms with Gasteiger partial charge in [-0.2, -0.15) is 0 Å². The maximum Gasteiger partial charge on any atom is 0.250 e. The maximum absolute atomic E-state index is 12.2. The van der Waals surface area contributed by atoms with Crippen LogP contribution in [0.1, 0.15) is 19.8 Å². The van der Waals surface area contributed by atoms with E-state index in [1.807, 2.05) is 0 Å². The van der Waals surface area contributed by atoms with Crippen molar-refractivity contribution in [3.05, 3.63) is 17.5 Å². The number of thiophene rings is 1. The smallest absolute Gasteiger partial charge is 0.250 e. The van der Waals surface area contributed by atoms with Gasteiger partial charge in [-0.25, -0.2) is 13.1 Å². The highest BCUT2D eigenvalue weighted by Crippen LogP contribution is 2.24. The molecule has 0 aliphatic carbocycles. The van der Waals surface area contributed by atoms with E-state index in [9.17, 15) is 18.0 Å². The number of fused-ring (bicyclic) bond motifs is 1. The molecule has 3 atom stereocenters. The average molecular weight is 343 g/mol. The Morgan fingerprint density at radius 3 is 2.86 bits per heavy atom. The molecule has 0 bridgehead atoms. The molecule has 2 aliphatic rings. The fourth-order valence-corrected chi connectivity index (χ4v) is 5.19. The van der Waals surface area contributed by atoms with Gasteiger partial charge < -0.3 is 10.2 Å². The highest BCUT2D eigenvalue weighted by Gasteiger charge is 2.43. The number of carbonyl (C=O) groups excluding carboxylic acids is 2. The first kappa shape index (κ1) is 15.4. The summed E-state index contributed by atoms with van der Waals surface area (Å²) in [4.78, 5) is 25.7. The van der Waals surface area contributed by atoms with Crippen LogP contribution >= 0.6 is 11.3 Å². The molecule has 2 saturated heterocycles. The number of hydrogen-bond donors (Lipinski definition) is 2. The topological polar surface area (TPSA) is 95.6 Å². The molecule has 0 radical (unpaired) electrons. The van der Waals surface area contributed by atoms with E-state index < -0.39 is 22.1 Å². The van der Waals surface area contributed by atoms with Crippen LogP contribution in [0.4, 0.5) is 0 Å². The van der Waals surface area contributed by atoms with Crippen molar-refractivity contribution in [2.75, 3.05) is 6.54 Å². The number of hydrogen-bond acceptors (Lipinski definition) is 5. The third kappa shape index (κ3) is 2.75. The molecule has 3 rings (SSSR count). The van der Waals surface area contributed by atoms with E-state index in [1.165, 1.54) is 0 Å².